The minimum atomic E-state index is -0.240. The summed E-state index contributed by atoms with van der Waals surface area (Å²) in [7, 11) is 0. The van der Waals surface area contributed by atoms with Crippen LogP contribution in [0.1, 0.15) is 48.1 Å². The molecule has 1 saturated heterocycles. The zero-order valence-corrected chi connectivity index (χ0v) is 11.5. The van der Waals surface area contributed by atoms with E-state index in [1.54, 1.807) is 0 Å². The van der Waals surface area contributed by atoms with Gasteiger partial charge >= 0.3 is 5.97 Å². The first-order valence-electron chi connectivity index (χ1n) is 6.31. The van der Waals surface area contributed by atoms with Crippen LogP contribution >= 0.6 is 12.4 Å². The second-order valence-corrected chi connectivity index (χ2v) is 4.34. The molecule has 0 aliphatic carbocycles. The van der Waals surface area contributed by atoms with Crippen LogP contribution in [0.15, 0.2) is 24.3 Å². The van der Waals surface area contributed by atoms with Gasteiger partial charge in [-0.15, -0.1) is 12.4 Å². The average Bonchev–Trinajstić information content (AvgIpc) is 2.40. The van der Waals surface area contributed by atoms with E-state index in [9.17, 15) is 4.79 Å². The molecule has 1 atom stereocenters. The van der Waals surface area contributed by atoms with Crippen molar-refractivity contribution in [1.29, 1.82) is 0 Å². The van der Waals surface area contributed by atoms with Crippen LogP contribution in [-0.4, -0.2) is 19.1 Å². The summed E-state index contributed by atoms with van der Waals surface area (Å²) in [6.07, 6.45) is 3.72. The largest absolute Gasteiger partial charge is 0.462 e. The summed E-state index contributed by atoms with van der Waals surface area (Å²) in [4.78, 5) is 11.5. The van der Waals surface area contributed by atoms with Gasteiger partial charge < -0.3 is 10.1 Å². The van der Waals surface area contributed by atoms with E-state index >= 15 is 0 Å². The van der Waals surface area contributed by atoms with Gasteiger partial charge in [-0.2, -0.15) is 0 Å². The summed E-state index contributed by atoms with van der Waals surface area (Å²) in [5, 5.41) is 3.49. The van der Waals surface area contributed by atoms with Crippen LogP contribution in [0.25, 0.3) is 0 Å². The third-order valence-corrected chi connectivity index (χ3v) is 3.13. The molecule has 100 valence electrons. The molecule has 1 fully saturated rings. The van der Waals surface area contributed by atoms with Crippen molar-refractivity contribution < 1.29 is 9.53 Å². The lowest BCUT2D eigenvalue weighted by atomic mass is 9.97. The van der Waals surface area contributed by atoms with E-state index in [2.05, 4.69) is 5.32 Å². The number of benzene rings is 1. The molecule has 0 radical (unpaired) electrons. The van der Waals surface area contributed by atoms with Gasteiger partial charge in [0, 0.05) is 6.04 Å². The van der Waals surface area contributed by atoms with Gasteiger partial charge in [-0.25, -0.2) is 4.79 Å². The van der Waals surface area contributed by atoms with Crippen LogP contribution in [0, 0.1) is 0 Å². The van der Waals surface area contributed by atoms with Gasteiger partial charge in [0.2, 0.25) is 0 Å². The zero-order chi connectivity index (χ0) is 12.1. The van der Waals surface area contributed by atoms with E-state index in [1.807, 2.05) is 31.2 Å². The van der Waals surface area contributed by atoms with Crippen molar-refractivity contribution in [3.8, 4) is 0 Å². The Kier molecular flexibility index (Phi) is 6.16. The van der Waals surface area contributed by atoms with Gasteiger partial charge in [-0.05, 0) is 44.0 Å². The molecule has 0 aromatic heterocycles. The Balaban J connectivity index is 0.00000162. The quantitative estimate of drug-likeness (QED) is 0.857. The molecule has 1 aromatic rings. The molecule has 4 heteroatoms. The Labute approximate surface area is 114 Å². The minimum Gasteiger partial charge on any atom is -0.462 e. The lowest BCUT2D eigenvalue weighted by Crippen LogP contribution is -2.26. The van der Waals surface area contributed by atoms with Gasteiger partial charge in [0.25, 0.3) is 0 Å². The number of halogens is 1. The minimum absolute atomic E-state index is 0. The monoisotopic (exact) mass is 269 g/mol. The van der Waals surface area contributed by atoms with E-state index < -0.39 is 0 Å². The van der Waals surface area contributed by atoms with Crippen LogP contribution in [0.2, 0.25) is 0 Å². The maximum Gasteiger partial charge on any atom is 0.338 e. The fourth-order valence-electron chi connectivity index (χ4n) is 2.20. The molecular weight excluding hydrogens is 250 g/mol. The van der Waals surface area contributed by atoms with E-state index in [1.165, 1.54) is 24.8 Å². The third-order valence-electron chi connectivity index (χ3n) is 3.13. The number of hydrogen-bond donors (Lipinski definition) is 1. The Morgan fingerprint density at radius 1 is 1.33 bits per heavy atom. The lowest BCUT2D eigenvalue weighted by Gasteiger charge is -2.23. The van der Waals surface area contributed by atoms with Crippen LogP contribution in [0.4, 0.5) is 0 Å². The highest BCUT2D eigenvalue weighted by Gasteiger charge is 2.15. The van der Waals surface area contributed by atoms with Crippen LogP contribution in [0.3, 0.4) is 0 Å². The molecule has 0 amide bonds. The number of piperidine rings is 1. The second-order valence-electron chi connectivity index (χ2n) is 4.34. The smallest absolute Gasteiger partial charge is 0.338 e. The predicted octanol–water partition coefficient (Wildman–Crippen LogP) is 3.10. The molecule has 0 bridgehead atoms. The first kappa shape index (κ1) is 15.0. The second kappa shape index (κ2) is 7.39. The van der Waals surface area contributed by atoms with Crippen molar-refractivity contribution in [2.24, 2.45) is 0 Å². The SMILES string of the molecule is CCOC(=O)c1ccc([C@H]2CCCCN2)cc1.Cl. The highest BCUT2D eigenvalue weighted by atomic mass is 35.5. The zero-order valence-electron chi connectivity index (χ0n) is 10.6. The van der Waals surface area contributed by atoms with Gasteiger partial charge in [-0.3, -0.25) is 0 Å². The number of hydrogen-bond acceptors (Lipinski definition) is 3. The van der Waals surface area contributed by atoms with Crippen molar-refractivity contribution in [2.45, 2.75) is 32.2 Å². The van der Waals surface area contributed by atoms with Gasteiger partial charge in [-0.1, -0.05) is 18.6 Å². The van der Waals surface area contributed by atoms with Gasteiger partial charge in [0.1, 0.15) is 0 Å². The fraction of sp³-hybridized carbons (Fsp3) is 0.500. The number of nitrogens with one attached hydrogen (secondary N) is 1. The van der Waals surface area contributed by atoms with Crippen molar-refractivity contribution in [3.63, 3.8) is 0 Å². The number of rotatable bonds is 3. The molecule has 1 N–H and O–H groups in total. The van der Waals surface area contributed by atoms with Crippen LogP contribution in [0.5, 0.6) is 0 Å². The topological polar surface area (TPSA) is 38.3 Å². The Bertz CT molecular complexity index is 372. The van der Waals surface area contributed by atoms with E-state index in [-0.39, 0.29) is 18.4 Å². The van der Waals surface area contributed by atoms with E-state index in [4.69, 9.17) is 4.74 Å². The highest BCUT2D eigenvalue weighted by molar-refractivity contribution is 5.89. The predicted molar refractivity (Wildman–Crippen MR) is 74.2 cm³/mol. The van der Waals surface area contributed by atoms with E-state index in [0.29, 0.717) is 18.2 Å². The normalized spacial score (nSPS) is 18.8. The van der Waals surface area contributed by atoms with Crippen molar-refractivity contribution >= 4 is 18.4 Å². The molecule has 2 rings (SSSR count). The Morgan fingerprint density at radius 3 is 2.61 bits per heavy atom. The molecule has 0 saturated carbocycles. The molecule has 3 nitrogen and oxygen atoms in total. The first-order valence-corrected chi connectivity index (χ1v) is 6.31. The number of carbonyl (C=O) groups is 1. The fourth-order valence-corrected chi connectivity index (χ4v) is 2.20. The molecular formula is C14H20ClNO2. The summed E-state index contributed by atoms with van der Waals surface area (Å²) in [6, 6.07) is 8.19. The summed E-state index contributed by atoms with van der Waals surface area (Å²) < 4.78 is 4.96. The Morgan fingerprint density at radius 2 is 2.06 bits per heavy atom. The van der Waals surface area contributed by atoms with Crippen molar-refractivity contribution in [3.05, 3.63) is 35.4 Å². The first-order chi connectivity index (χ1) is 8.31. The summed E-state index contributed by atoms with van der Waals surface area (Å²) >= 11 is 0. The molecule has 1 aliphatic rings. The molecule has 0 spiro atoms. The molecule has 0 unspecified atom stereocenters. The third kappa shape index (κ3) is 3.72. The van der Waals surface area contributed by atoms with Gasteiger partial charge in [0.05, 0.1) is 12.2 Å². The van der Waals surface area contributed by atoms with Crippen LogP contribution in [-0.2, 0) is 4.74 Å². The highest BCUT2D eigenvalue weighted by Crippen LogP contribution is 2.23. The standard InChI is InChI=1S/C14H19NO2.ClH/c1-2-17-14(16)12-8-6-11(7-9-12)13-5-3-4-10-15-13;/h6-9,13,15H,2-5,10H2,1H3;1H/t13-;/m1./s1. The van der Waals surface area contributed by atoms with E-state index in [0.717, 1.165) is 6.54 Å². The van der Waals surface area contributed by atoms with Crippen LogP contribution < -0.4 is 5.32 Å². The summed E-state index contributed by atoms with van der Waals surface area (Å²) in [5.74, 6) is -0.240. The summed E-state index contributed by atoms with van der Waals surface area (Å²) in [5.41, 5.74) is 1.89. The maximum atomic E-state index is 11.5. The van der Waals surface area contributed by atoms with Gasteiger partial charge in [0.15, 0.2) is 0 Å². The summed E-state index contributed by atoms with van der Waals surface area (Å²) in [6.45, 7) is 3.33. The Hall–Kier alpha value is -1.06. The average molecular weight is 270 g/mol. The number of ether oxygens (including phenoxy) is 1. The number of carbonyl (C=O) groups excluding carboxylic acids is 1. The molecule has 18 heavy (non-hydrogen) atoms. The lowest BCUT2D eigenvalue weighted by molar-refractivity contribution is 0.0526. The van der Waals surface area contributed by atoms with Crippen molar-refractivity contribution in [2.75, 3.05) is 13.2 Å². The van der Waals surface area contributed by atoms with Crippen molar-refractivity contribution in [1.82, 2.24) is 5.32 Å². The molecule has 1 aromatic carbocycles. The maximum absolute atomic E-state index is 11.5. The number of esters is 1. The molecule has 1 aliphatic heterocycles. The molecule has 1 heterocycles.